The van der Waals surface area contributed by atoms with E-state index in [-0.39, 0.29) is 5.82 Å². The molecule has 1 aromatic heterocycles. The number of hydrogen-bond acceptors (Lipinski definition) is 3. The van der Waals surface area contributed by atoms with Gasteiger partial charge >= 0.3 is 0 Å². The Kier molecular flexibility index (Phi) is 4.83. The Balaban J connectivity index is 1.90. The maximum absolute atomic E-state index is 13.5. The zero-order chi connectivity index (χ0) is 16.4. The Hall–Kier alpha value is -1.65. The van der Waals surface area contributed by atoms with Gasteiger partial charge in [-0.3, -0.25) is 4.98 Å². The molecule has 0 bridgehead atoms. The molecule has 1 saturated heterocycles. The standard InChI is InChI=1S/C18H21ClFN3/c1-12-5-13(8-21-2)11-23(12)16-6-14(9-22-10-16)17-7-15(20)3-4-18(17)19/h3-4,6-7,9-10,12-13,21H,5,8,11H2,1-2H3. The average molecular weight is 334 g/mol. The van der Waals surface area contributed by atoms with E-state index in [0.717, 1.165) is 30.8 Å². The van der Waals surface area contributed by atoms with Crippen molar-refractivity contribution in [2.45, 2.75) is 19.4 Å². The summed E-state index contributed by atoms with van der Waals surface area (Å²) in [7, 11) is 1.99. The molecule has 122 valence electrons. The van der Waals surface area contributed by atoms with E-state index in [1.165, 1.54) is 12.1 Å². The van der Waals surface area contributed by atoms with E-state index >= 15 is 0 Å². The topological polar surface area (TPSA) is 28.2 Å². The average Bonchev–Trinajstić information content (AvgIpc) is 2.91. The van der Waals surface area contributed by atoms with Crippen molar-refractivity contribution in [3.8, 4) is 11.1 Å². The van der Waals surface area contributed by atoms with Gasteiger partial charge < -0.3 is 10.2 Å². The summed E-state index contributed by atoms with van der Waals surface area (Å²) in [6.07, 6.45) is 4.76. The number of rotatable bonds is 4. The van der Waals surface area contributed by atoms with Gasteiger partial charge in [0, 0.05) is 34.9 Å². The first-order valence-corrected chi connectivity index (χ1v) is 8.28. The second-order valence-electron chi connectivity index (χ2n) is 6.22. The highest BCUT2D eigenvalue weighted by molar-refractivity contribution is 6.33. The third kappa shape index (κ3) is 3.48. The van der Waals surface area contributed by atoms with E-state index in [1.54, 1.807) is 12.3 Å². The number of aromatic nitrogens is 1. The van der Waals surface area contributed by atoms with Crippen molar-refractivity contribution >= 4 is 17.3 Å². The van der Waals surface area contributed by atoms with E-state index in [9.17, 15) is 4.39 Å². The molecule has 2 unspecified atom stereocenters. The minimum Gasteiger partial charge on any atom is -0.367 e. The second-order valence-corrected chi connectivity index (χ2v) is 6.62. The van der Waals surface area contributed by atoms with E-state index in [0.29, 0.717) is 22.5 Å². The summed E-state index contributed by atoms with van der Waals surface area (Å²) in [5, 5.41) is 3.79. The predicted molar refractivity (Wildman–Crippen MR) is 93.5 cm³/mol. The van der Waals surface area contributed by atoms with Gasteiger partial charge in [-0.25, -0.2) is 4.39 Å². The minimum atomic E-state index is -0.293. The first-order valence-electron chi connectivity index (χ1n) is 7.90. The predicted octanol–water partition coefficient (Wildman–Crippen LogP) is 3.98. The van der Waals surface area contributed by atoms with Crippen LogP contribution in [-0.2, 0) is 0 Å². The molecule has 2 heterocycles. The van der Waals surface area contributed by atoms with E-state index in [2.05, 4.69) is 22.1 Å². The summed E-state index contributed by atoms with van der Waals surface area (Å²) in [5.74, 6) is 0.342. The summed E-state index contributed by atoms with van der Waals surface area (Å²) in [5.41, 5.74) is 2.59. The fraction of sp³-hybridized carbons (Fsp3) is 0.389. The van der Waals surface area contributed by atoms with Gasteiger partial charge in [-0.1, -0.05) is 11.6 Å². The fourth-order valence-corrected chi connectivity index (χ4v) is 3.62. The summed E-state index contributed by atoms with van der Waals surface area (Å²) in [6.45, 7) is 4.26. The molecule has 1 aliphatic rings. The molecule has 0 saturated carbocycles. The van der Waals surface area contributed by atoms with Crippen LogP contribution in [0.15, 0.2) is 36.7 Å². The summed E-state index contributed by atoms with van der Waals surface area (Å²) >= 11 is 6.22. The Morgan fingerprint density at radius 2 is 2.17 bits per heavy atom. The molecule has 0 spiro atoms. The van der Waals surface area contributed by atoms with Gasteiger partial charge in [0.25, 0.3) is 0 Å². The van der Waals surface area contributed by atoms with Gasteiger partial charge in [0.1, 0.15) is 5.82 Å². The Morgan fingerprint density at radius 3 is 2.96 bits per heavy atom. The van der Waals surface area contributed by atoms with Crippen molar-refractivity contribution in [1.82, 2.24) is 10.3 Å². The second kappa shape index (κ2) is 6.85. The van der Waals surface area contributed by atoms with Gasteiger partial charge in [0.05, 0.1) is 11.9 Å². The molecule has 1 aliphatic heterocycles. The lowest BCUT2D eigenvalue weighted by molar-refractivity contribution is 0.533. The number of pyridine rings is 1. The smallest absolute Gasteiger partial charge is 0.123 e. The van der Waals surface area contributed by atoms with Crippen molar-refractivity contribution in [3.05, 3.63) is 47.5 Å². The number of nitrogens with zero attached hydrogens (tertiary/aromatic N) is 2. The molecule has 3 nitrogen and oxygen atoms in total. The first kappa shape index (κ1) is 16.2. The molecule has 3 rings (SSSR count). The monoisotopic (exact) mass is 333 g/mol. The number of hydrogen-bond donors (Lipinski definition) is 1. The normalized spacial score (nSPS) is 21.0. The zero-order valence-corrected chi connectivity index (χ0v) is 14.1. The number of nitrogens with one attached hydrogen (secondary N) is 1. The van der Waals surface area contributed by atoms with Crippen LogP contribution in [-0.4, -0.2) is 31.2 Å². The maximum atomic E-state index is 13.5. The van der Waals surface area contributed by atoms with Gasteiger partial charge in [0.2, 0.25) is 0 Å². The lowest BCUT2D eigenvalue weighted by atomic mass is 10.1. The highest BCUT2D eigenvalue weighted by Crippen LogP contribution is 2.33. The molecule has 5 heteroatoms. The van der Waals surface area contributed by atoms with Crippen molar-refractivity contribution in [2.24, 2.45) is 5.92 Å². The van der Waals surface area contributed by atoms with Crippen LogP contribution in [0.4, 0.5) is 10.1 Å². The van der Waals surface area contributed by atoms with Gasteiger partial charge in [-0.2, -0.15) is 0 Å². The first-order chi connectivity index (χ1) is 11.1. The molecule has 2 aromatic rings. The van der Waals surface area contributed by atoms with Gasteiger partial charge in [-0.05, 0) is 57.1 Å². The Bertz CT molecular complexity index is 692. The van der Waals surface area contributed by atoms with Gasteiger partial charge in [0.15, 0.2) is 0 Å². The summed E-state index contributed by atoms with van der Waals surface area (Å²) in [4.78, 5) is 6.71. The molecule has 1 aromatic carbocycles. The van der Waals surface area contributed by atoms with Crippen LogP contribution in [0.5, 0.6) is 0 Å². The van der Waals surface area contributed by atoms with Crippen molar-refractivity contribution in [3.63, 3.8) is 0 Å². The van der Waals surface area contributed by atoms with Crippen LogP contribution in [0, 0.1) is 11.7 Å². The third-order valence-corrected chi connectivity index (χ3v) is 4.78. The Labute approximate surface area is 141 Å². The number of anilines is 1. The van der Waals surface area contributed by atoms with E-state index in [1.807, 2.05) is 19.3 Å². The number of benzene rings is 1. The van der Waals surface area contributed by atoms with Crippen LogP contribution in [0.1, 0.15) is 13.3 Å². The highest BCUT2D eigenvalue weighted by atomic mass is 35.5. The minimum absolute atomic E-state index is 0.293. The summed E-state index contributed by atoms with van der Waals surface area (Å²) in [6, 6.07) is 6.93. The molecule has 2 atom stereocenters. The van der Waals surface area contributed by atoms with E-state index < -0.39 is 0 Å². The lowest BCUT2D eigenvalue weighted by Gasteiger charge is -2.24. The van der Waals surface area contributed by atoms with Crippen LogP contribution in [0.25, 0.3) is 11.1 Å². The van der Waals surface area contributed by atoms with Gasteiger partial charge in [-0.15, -0.1) is 0 Å². The largest absolute Gasteiger partial charge is 0.367 e. The molecule has 1 fully saturated rings. The van der Waals surface area contributed by atoms with Crippen LogP contribution in [0.3, 0.4) is 0 Å². The summed E-state index contributed by atoms with van der Waals surface area (Å²) < 4.78 is 13.5. The molecule has 23 heavy (non-hydrogen) atoms. The van der Waals surface area contributed by atoms with Crippen LogP contribution < -0.4 is 10.2 Å². The third-order valence-electron chi connectivity index (χ3n) is 4.45. The molecule has 0 radical (unpaired) electrons. The molecule has 1 N–H and O–H groups in total. The maximum Gasteiger partial charge on any atom is 0.123 e. The molecule has 0 amide bonds. The number of halogens is 2. The molecular formula is C18H21ClFN3. The molecule has 0 aliphatic carbocycles. The quantitative estimate of drug-likeness (QED) is 0.917. The molecular weight excluding hydrogens is 313 g/mol. The van der Waals surface area contributed by atoms with Crippen LogP contribution in [0.2, 0.25) is 5.02 Å². The van der Waals surface area contributed by atoms with Crippen molar-refractivity contribution < 1.29 is 4.39 Å². The van der Waals surface area contributed by atoms with Crippen molar-refractivity contribution in [2.75, 3.05) is 25.0 Å². The van der Waals surface area contributed by atoms with Crippen molar-refractivity contribution in [1.29, 1.82) is 0 Å². The van der Waals surface area contributed by atoms with E-state index in [4.69, 9.17) is 11.6 Å². The SMILES string of the molecule is CNCC1CC(C)N(c2cncc(-c3cc(F)ccc3Cl)c2)C1. The van der Waals surface area contributed by atoms with Crippen LogP contribution >= 0.6 is 11.6 Å². The fourth-order valence-electron chi connectivity index (χ4n) is 3.39. The Morgan fingerprint density at radius 1 is 1.35 bits per heavy atom. The highest BCUT2D eigenvalue weighted by Gasteiger charge is 2.29. The zero-order valence-electron chi connectivity index (χ0n) is 13.4. The lowest BCUT2D eigenvalue weighted by Crippen LogP contribution is -2.28.